The average molecular weight is 441 g/mol. The highest BCUT2D eigenvalue weighted by Gasteiger charge is 2.35. The standard InChI is InChI=1S/C18H12Cl2F6N2/c1-9-2-3-10(11(4-9)18(24,25)26)8-28-15-6-13(20)12(19)5-14(15)27-16(28)7-17(21,22)23/h2-6H,7-8H2,1H3. The summed E-state index contributed by atoms with van der Waals surface area (Å²) in [5.74, 6) is -0.422. The molecule has 0 amide bonds. The van der Waals surface area contributed by atoms with Crippen molar-refractivity contribution in [3.05, 3.63) is 62.9 Å². The first-order valence-corrected chi connectivity index (χ1v) is 8.68. The fourth-order valence-corrected chi connectivity index (χ4v) is 3.24. The van der Waals surface area contributed by atoms with Gasteiger partial charge in [-0.15, -0.1) is 0 Å². The van der Waals surface area contributed by atoms with Crippen molar-refractivity contribution in [2.75, 3.05) is 0 Å². The molecule has 3 aromatic rings. The highest BCUT2D eigenvalue weighted by molar-refractivity contribution is 6.42. The van der Waals surface area contributed by atoms with Gasteiger partial charge >= 0.3 is 12.4 Å². The first-order chi connectivity index (χ1) is 12.8. The van der Waals surface area contributed by atoms with Crippen LogP contribution in [0.5, 0.6) is 0 Å². The van der Waals surface area contributed by atoms with Gasteiger partial charge in [0.05, 0.1) is 26.6 Å². The molecule has 0 aliphatic carbocycles. The lowest BCUT2D eigenvalue weighted by atomic mass is 10.0. The molecule has 0 atom stereocenters. The van der Waals surface area contributed by atoms with E-state index in [1.807, 2.05) is 0 Å². The Morgan fingerprint density at radius 2 is 1.61 bits per heavy atom. The van der Waals surface area contributed by atoms with Crippen molar-refractivity contribution in [1.29, 1.82) is 0 Å². The molecule has 28 heavy (non-hydrogen) atoms. The van der Waals surface area contributed by atoms with Crippen molar-refractivity contribution >= 4 is 34.2 Å². The van der Waals surface area contributed by atoms with Crippen LogP contribution in [0.2, 0.25) is 10.0 Å². The first kappa shape index (κ1) is 20.8. The van der Waals surface area contributed by atoms with Gasteiger partial charge in [0.2, 0.25) is 0 Å². The molecule has 1 aromatic heterocycles. The zero-order valence-corrected chi connectivity index (χ0v) is 15.7. The van der Waals surface area contributed by atoms with Crippen molar-refractivity contribution in [1.82, 2.24) is 9.55 Å². The molecule has 150 valence electrons. The molecule has 0 N–H and O–H groups in total. The summed E-state index contributed by atoms with van der Waals surface area (Å²) in [4.78, 5) is 3.92. The second-order valence-electron chi connectivity index (χ2n) is 6.32. The zero-order valence-electron chi connectivity index (χ0n) is 14.2. The molecule has 0 bridgehead atoms. The van der Waals surface area contributed by atoms with Crippen molar-refractivity contribution in [3.8, 4) is 0 Å². The average Bonchev–Trinajstić information content (AvgIpc) is 2.83. The molecule has 0 saturated heterocycles. The maximum Gasteiger partial charge on any atom is 0.416 e. The zero-order chi connectivity index (χ0) is 20.9. The summed E-state index contributed by atoms with van der Waals surface area (Å²) in [6.45, 7) is 1.05. The molecular weight excluding hydrogens is 429 g/mol. The van der Waals surface area contributed by atoms with Crippen LogP contribution in [0.3, 0.4) is 0 Å². The van der Waals surface area contributed by atoms with E-state index in [1.165, 1.54) is 31.2 Å². The van der Waals surface area contributed by atoms with Gasteiger partial charge in [-0.25, -0.2) is 4.98 Å². The molecule has 0 aliphatic heterocycles. The van der Waals surface area contributed by atoms with Gasteiger partial charge in [0.15, 0.2) is 0 Å². The van der Waals surface area contributed by atoms with Crippen LogP contribution in [0.25, 0.3) is 11.0 Å². The van der Waals surface area contributed by atoms with Crippen molar-refractivity contribution in [2.45, 2.75) is 32.2 Å². The second kappa shape index (κ2) is 7.15. The number of fused-ring (bicyclic) bond motifs is 1. The van der Waals surface area contributed by atoms with E-state index in [9.17, 15) is 26.3 Å². The Bertz CT molecular complexity index is 1040. The summed E-state index contributed by atoms with van der Waals surface area (Å²) in [6.07, 6.45) is -10.6. The van der Waals surface area contributed by atoms with Crippen LogP contribution in [0.15, 0.2) is 30.3 Å². The minimum absolute atomic E-state index is 0.0637. The van der Waals surface area contributed by atoms with Gasteiger partial charge in [-0.2, -0.15) is 26.3 Å². The van der Waals surface area contributed by atoms with Gasteiger partial charge in [0.25, 0.3) is 0 Å². The maximum atomic E-state index is 13.4. The lowest BCUT2D eigenvalue weighted by molar-refractivity contribution is -0.138. The van der Waals surface area contributed by atoms with Crippen LogP contribution < -0.4 is 0 Å². The molecule has 1 heterocycles. The highest BCUT2D eigenvalue weighted by atomic mass is 35.5. The Hall–Kier alpha value is -1.93. The molecule has 0 unspecified atom stereocenters. The number of alkyl halides is 6. The van der Waals surface area contributed by atoms with Crippen LogP contribution in [-0.2, 0) is 19.1 Å². The maximum absolute atomic E-state index is 13.4. The lowest BCUT2D eigenvalue weighted by Gasteiger charge is -2.16. The van der Waals surface area contributed by atoms with E-state index < -0.39 is 36.7 Å². The Labute approximate surface area is 165 Å². The van der Waals surface area contributed by atoms with Crippen LogP contribution in [0.4, 0.5) is 26.3 Å². The van der Waals surface area contributed by atoms with E-state index in [2.05, 4.69) is 4.98 Å². The van der Waals surface area contributed by atoms with Gasteiger partial charge in [0, 0.05) is 6.54 Å². The quantitative estimate of drug-likeness (QED) is 0.408. The molecule has 0 aliphatic rings. The summed E-state index contributed by atoms with van der Waals surface area (Å²) >= 11 is 11.8. The largest absolute Gasteiger partial charge is 0.416 e. The second-order valence-corrected chi connectivity index (χ2v) is 7.13. The monoisotopic (exact) mass is 440 g/mol. The van der Waals surface area contributed by atoms with Gasteiger partial charge in [-0.1, -0.05) is 40.9 Å². The summed E-state index contributed by atoms with van der Waals surface area (Å²) in [6, 6.07) is 6.26. The molecule has 0 radical (unpaired) electrons. The molecular formula is C18H12Cl2F6N2. The first-order valence-electron chi connectivity index (χ1n) is 7.93. The smallest absolute Gasteiger partial charge is 0.323 e. The number of imidazole rings is 1. The fourth-order valence-electron chi connectivity index (χ4n) is 2.92. The lowest BCUT2D eigenvalue weighted by Crippen LogP contribution is -2.18. The van der Waals surface area contributed by atoms with E-state index >= 15 is 0 Å². The summed E-state index contributed by atoms with van der Waals surface area (Å²) in [5.41, 5.74) is -0.409. The summed E-state index contributed by atoms with van der Waals surface area (Å²) in [5, 5.41) is 0.150. The molecule has 0 fully saturated rings. The predicted molar refractivity (Wildman–Crippen MR) is 94.8 cm³/mol. The number of aromatic nitrogens is 2. The van der Waals surface area contributed by atoms with Crippen LogP contribution in [0, 0.1) is 6.92 Å². The van der Waals surface area contributed by atoms with E-state index in [-0.39, 0.29) is 26.6 Å². The fraction of sp³-hybridized carbons (Fsp3) is 0.278. The molecule has 2 aromatic carbocycles. The number of halogens is 8. The van der Waals surface area contributed by atoms with Gasteiger partial charge in [-0.3, -0.25) is 0 Å². The molecule has 3 rings (SSSR count). The van der Waals surface area contributed by atoms with Crippen molar-refractivity contribution < 1.29 is 26.3 Å². The van der Waals surface area contributed by atoms with E-state index in [0.29, 0.717) is 5.56 Å². The van der Waals surface area contributed by atoms with Crippen LogP contribution in [-0.4, -0.2) is 15.7 Å². The van der Waals surface area contributed by atoms with Crippen molar-refractivity contribution in [3.63, 3.8) is 0 Å². The Balaban J connectivity index is 2.20. The van der Waals surface area contributed by atoms with Gasteiger partial charge in [0.1, 0.15) is 12.2 Å². The van der Waals surface area contributed by atoms with E-state index in [4.69, 9.17) is 23.2 Å². The molecule has 10 heteroatoms. The summed E-state index contributed by atoms with van der Waals surface area (Å²) in [7, 11) is 0. The Morgan fingerprint density at radius 3 is 2.21 bits per heavy atom. The van der Waals surface area contributed by atoms with Crippen LogP contribution in [0.1, 0.15) is 22.5 Å². The number of rotatable bonds is 3. The minimum atomic E-state index is -4.65. The number of hydrogen-bond donors (Lipinski definition) is 0. The highest BCUT2D eigenvalue weighted by Crippen LogP contribution is 2.35. The van der Waals surface area contributed by atoms with Gasteiger partial charge < -0.3 is 4.57 Å². The SMILES string of the molecule is Cc1ccc(Cn2c(CC(F)(F)F)nc3cc(Cl)c(Cl)cc32)c(C(F)(F)F)c1. The Morgan fingerprint density at radius 1 is 0.964 bits per heavy atom. The summed E-state index contributed by atoms with van der Waals surface area (Å²) < 4.78 is 80.3. The van der Waals surface area contributed by atoms with E-state index in [0.717, 1.165) is 10.6 Å². The third-order valence-electron chi connectivity index (χ3n) is 4.13. The number of aryl methyl sites for hydroxylation is 1. The van der Waals surface area contributed by atoms with Crippen molar-refractivity contribution in [2.24, 2.45) is 0 Å². The number of benzene rings is 2. The van der Waals surface area contributed by atoms with Crippen LogP contribution >= 0.6 is 23.2 Å². The molecule has 0 spiro atoms. The van der Waals surface area contributed by atoms with E-state index in [1.54, 1.807) is 0 Å². The third-order valence-corrected chi connectivity index (χ3v) is 4.85. The minimum Gasteiger partial charge on any atom is -0.323 e. The van der Waals surface area contributed by atoms with Gasteiger partial charge in [-0.05, 0) is 30.7 Å². The molecule has 2 nitrogen and oxygen atoms in total. The Kier molecular flexibility index (Phi) is 5.31. The number of hydrogen-bond acceptors (Lipinski definition) is 1. The third kappa shape index (κ3) is 4.38. The normalized spacial score (nSPS) is 12.8. The number of nitrogens with zero attached hydrogens (tertiary/aromatic N) is 2. The topological polar surface area (TPSA) is 17.8 Å². The molecule has 0 saturated carbocycles. The predicted octanol–water partition coefficient (Wildman–Crippen LogP) is 6.82.